The Bertz CT molecular complexity index is 517. The van der Waals surface area contributed by atoms with E-state index in [1.165, 1.54) is 6.07 Å². The second-order valence-corrected chi connectivity index (χ2v) is 5.38. The Balaban J connectivity index is 2.76. The molecule has 0 heterocycles. The molecule has 1 aromatic rings. The van der Waals surface area contributed by atoms with Crippen molar-refractivity contribution in [2.45, 2.75) is 32.9 Å². The van der Waals surface area contributed by atoms with Gasteiger partial charge >= 0.3 is 0 Å². The molecule has 0 unspecified atom stereocenters. The van der Waals surface area contributed by atoms with E-state index in [1.807, 2.05) is 26.1 Å². The van der Waals surface area contributed by atoms with Crippen molar-refractivity contribution in [1.29, 1.82) is 0 Å². The Labute approximate surface area is 139 Å². The van der Waals surface area contributed by atoms with Crippen molar-refractivity contribution in [3.05, 3.63) is 47.8 Å². The fourth-order valence-electron chi connectivity index (χ4n) is 2.21. The number of hydrogen-bond acceptors (Lipinski definition) is 2. The molecule has 0 aliphatic carbocycles. The van der Waals surface area contributed by atoms with E-state index in [0.29, 0.717) is 12.1 Å². The summed E-state index contributed by atoms with van der Waals surface area (Å²) in [6, 6.07) is 5.04. The third-order valence-electron chi connectivity index (χ3n) is 3.42. The first-order valence-corrected chi connectivity index (χ1v) is 7.99. The van der Waals surface area contributed by atoms with Crippen molar-refractivity contribution >= 4 is 5.96 Å². The minimum atomic E-state index is -0.243. The largest absolute Gasteiger partial charge is 0.380 e. The molecule has 0 bridgehead atoms. The number of halogens is 1. The molecule has 0 spiro atoms. The number of nitrogens with zero attached hydrogens (tertiary/aromatic N) is 2. The van der Waals surface area contributed by atoms with Gasteiger partial charge in [0.15, 0.2) is 5.96 Å². The predicted molar refractivity (Wildman–Crippen MR) is 94.0 cm³/mol. The van der Waals surface area contributed by atoms with E-state index in [2.05, 4.69) is 21.8 Å². The molecule has 1 N–H and O–H groups in total. The average Bonchev–Trinajstić information content (AvgIpc) is 2.54. The highest BCUT2D eigenvalue weighted by Crippen LogP contribution is 2.12. The zero-order chi connectivity index (χ0) is 17.1. The lowest BCUT2D eigenvalue weighted by atomic mass is 10.1. The zero-order valence-corrected chi connectivity index (χ0v) is 14.4. The quantitative estimate of drug-likeness (QED) is 0.328. The fourth-order valence-corrected chi connectivity index (χ4v) is 2.21. The van der Waals surface area contributed by atoms with Crippen LogP contribution in [0.2, 0.25) is 0 Å². The van der Waals surface area contributed by atoms with Gasteiger partial charge in [0.1, 0.15) is 5.82 Å². The molecule has 4 nitrogen and oxygen atoms in total. The van der Waals surface area contributed by atoms with E-state index in [0.717, 1.165) is 37.5 Å². The molecule has 0 aromatic heterocycles. The van der Waals surface area contributed by atoms with Gasteiger partial charge in [-0.1, -0.05) is 12.1 Å². The first-order valence-electron chi connectivity index (χ1n) is 7.99. The maximum absolute atomic E-state index is 13.6. The van der Waals surface area contributed by atoms with Crippen LogP contribution >= 0.6 is 0 Å². The fraction of sp³-hybridized carbons (Fsp3) is 0.500. The summed E-state index contributed by atoms with van der Waals surface area (Å²) in [4.78, 5) is 6.74. The maximum Gasteiger partial charge on any atom is 0.193 e. The normalized spacial score (nSPS) is 11.4. The summed E-state index contributed by atoms with van der Waals surface area (Å²) in [5.74, 6) is 0.613. The Morgan fingerprint density at radius 3 is 2.91 bits per heavy atom. The first-order chi connectivity index (χ1) is 11.1. The van der Waals surface area contributed by atoms with Gasteiger partial charge in [-0.05, 0) is 37.5 Å². The minimum Gasteiger partial charge on any atom is -0.380 e. The lowest BCUT2D eigenvalue weighted by Crippen LogP contribution is -2.39. The molecule has 0 aliphatic rings. The zero-order valence-electron chi connectivity index (χ0n) is 14.4. The van der Waals surface area contributed by atoms with Gasteiger partial charge in [-0.15, -0.1) is 6.58 Å². The molecule has 0 aliphatic heterocycles. The molecule has 128 valence electrons. The van der Waals surface area contributed by atoms with E-state index in [9.17, 15) is 4.39 Å². The van der Waals surface area contributed by atoms with Gasteiger partial charge in [0, 0.05) is 32.8 Å². The summed E-state index contributed by atoms with van der Waals surface area (Å²) in [5, 5.41) is 3.28. The standard InChI is InChI=1S/C18H28FN3O/c1-5-7-8-11-22(3)18(20-6-2)21-13-15-9-10-17(19)16(12-15)14-23-4/h5,9-10,12H,1,6-8,11,13-14H2,2-4H3,(H,20,21). The third-order valence-corrected chi connectivity index (χ3v) is 3.42. The van der Waals surface area contributed by atoms with E-state index >= 15 is 0 Å². The molecule has 0 fully saturated rings. The van der Waals surface area contributed by atoms with Crippen molar-refractivity contribution in [2.75, 3.05) is 27.2 Å². The van der Waals surface area contributed by atoms with Crippen LogP contribution in [-0.2, 0) is 17.9 Å². The van der Waals surface area contributed by atoms with Crippen LogP contribution in [0.4, 0.5) is 4.39 Å². The number of aliphatic imine (C=N–C) groups is 1. The average molecular weight is 321 g/mol. The lowest BCUT2D eigenvalue weighted by Gasteiger charge is -2.21. The Hall–Kier alpha value is -1.88. The third kappa shape index (κ3) is 6.82. The number of nitrogens with one attached hydrogen (secondary N) is 1. The summed E-state index contributed by atoms with van der Waals surface area (Å²) < 4.78 is 18.6. The summed E-state index contributed by atoms with van der Waals surface area (Å²) in [6.07, 6.45) is 3.95. The number of allylic oxidation sites excluding steroid dienone is 1. The number of benzene rings is 1. The Morgan fingerprint density at radius 2 is 2.26 bits per heavy atom. The Morgan fingerprint density at radius 1 is 1.48 bits per heavy atom. The molecule has 0 saturated carbocycles. The lowest BCUT2D eigenvalue weighted by molar-refractivity contribution is 0.181. The van der Waals surface area contributed by atoms with Crippen molar-refractivity contribution < 1.29 is 9.13 Å². The van der Waals surface area contributed by atoms with Crippen LogP contribution in [0.1, 0.15) is 30.9 Å². The van der Waals surface area contributed by atoms with Crippen LogP contribution < -0.4 is 5.32 Å². The van der Waals surface area contributed by atoms with Crippen LogP contribution in [0, 0.1) is 5.82 Å². The molecule has 1 rings (SSSR count). The van der Waals surface area contributed by atoms with E-state index in [1.54, 1.807) is 13.2 Å². The first kappa shape index (κ1) is 19.2. The highest BCUT2D eigenvalue weighted by Gasteiger charge is 2.06. The minimum absolute atomic E-state index is 0.243. The topological polar surface area (TPSA) is 36.9 Å². The van der Waals surface area contributed by atoms with Gasteiger partial charge in [0.2, 0.25) is 0 Å². The highest BCUT2D eigenvalue weighted by molar-refractivity contribution is 5.79. The second kappa shape index (κ2) is 10.8. The van der Waals surface area contributed by atoms with Crippen molar-refractivity contribution in [1.82, 2.24) is 10.2 Å². The monoisotopic (exact) mass is 321 g/mol. The second-order valence-electron chi connectivity index (χ2n) is 5.38. The van der Waals surface area contributed by atoms with Gasteiger partial charge < -0.3 is 15.0 Å². The molecule has 5 heteroatoms. The van der Waals surface area contributed by atoms with Crippen LogP contribution in [0.15, 0.2) is 35.8 Å². The summed E-state index contributed by atoms with van der Waals surface area (Å²) in [5.41, 5.74) is 1.53. The summed E-state index contributed by atoms with van der Waals surface area (Å²) >= 11 is 0. The number of ether oxygens (including phenoxy) is 1. The van der Waals surface area contributed by atoms with Crippen molar-refractivity contribution in [2.24, 2.45) is 4.99 Å². The van der Waals surface area contributed by atoms with Crippen molar-refractivity contribution in [3.63, 3.8) is 0 Å². The van der Waals surface area contributed by atoms with Crippen LogP contribution in [0.3, 0.4) is 0 Å². The Kier molecular flexibility index (Phi) is 8.98. The summed E-state index contributed by atoms with van der Waals surface area (Å²) in [6.45, 7) is 8.28. The van der Waals surface area contributed by atoms with Gasteiger partial charge in [0.05, 0.1) is 13.2 Å². The van der Waals surface area contributed by atoms with Crippen molar-refractivity contribution in [3.8, 4) is 0 Å². The van der Waals surface area contributed by atoms with Crippen LogP contribution in [-0.4, -0.2) is 38.1 Å². The molecule has 1 aromatic carbocycles. The molecule has 0 radical (unpaired) electrons. The molecule has 0 amide bonds. The SMILES string of the molecule is C=CCCCN(C)C(=NCc1ccc(F)c(COC)c1)NCC. The van der Waals surface area contributed by atoms with E-state index < -0.39 is 0 Å². The molecule has 23 heavy (non-hydrogen) atoms. The maximum atomic E-state index is 13.6. The summed E-state index contributed by atoms with van der Waals surface area (Å²) in [7, 11) is 3.58. The molecule has 0 atom stereocenters. The van der Waals surface area contributed by atoms with E-state index in [4.69, 9.17) is 4.74 Å². The highest BCUT2D eigenvalue weighted by atomic mass is 19.1. The number of rotatable bonds is 9. The molecule has 0 saturated heterocycles. The molecular formula is C18H28FN3O. The van der Waals surface area contributed by atoms with E-state index in [-0.39, 0.29) is 12.4 Å². The number of unbranched alkanes of at least 4 members (excludes halogenated alkanes) is 1. The molecular weight excluding hydrogens is 293 g/mol. The van der Waals surface area contributed by atoms with Gasteiger partial charge in [-0.2, -0.15) is 0 Å². The number of hydrogen-bond donors (Lipinski definition) is 1. The van der Waals surface area contributed by atoms with Crippen LogP contribution in [0.25, 0.3) is 0 Å². The smallest absolute Gasteiger partial charge is 0.193 e. The number of guanidine groups is 1. The van der Waals surface area contributed by atoms with Crippen LogP contribution in [0.5, 0.6) is 0 Å². The predicted octanol–water partition coefficient (Wildman–Crippen LogP) is 3.34. The number of methoxy groups -OCH3 is 1. The van der Waals surface area contributed by atoms with Gasteiger partial charge in [0.25, 0.3) is 0 Å². The van der Waals surface area contributed by atoms with Gasteiger partial charge in [-0.3, -0.25) is 0 Å². The van der Waals surface area contributed by atoms with Gasteiger partial charge in [-0.25, -0.2) is 9.38 Å².